The highest BCUT2D eigenvalue weighted by Gasteiger charge is 2.34. The lowest BCUT2D eigenvalue weighted by Gasteiger charge is -2.04. The molecule has 21 heavy (non-hydrogen) atoms. The number of nitrogens with zero attached hydrogens (tertiary/aromatic N) is 2. The van der Waals surface area contributed by atoms with Gasteiger partial charge in [-0.15, -0.1) is 0 Å². The summed E-state index contributed by atoms with van der Waals surface area (Å²) >= 11 is 1.24. The third kappa shape index (κ3) is 3.47. The Balaban J connectivity index is 0.000000774. The highest BCUT2D eigenvalue weighted by Crippen LogP contribution is 2.47. The molecule has 0 saturated heterocycles. The molecule has 112 valence electrons. The van der Waals surface area contributed by atoms with Crippen LogP contribution in [-0.4, -0.2) is 21.9 Å². The molecule has 0 bridgehead atoms. The van der Waals surface area contributed by atoms with Crippen molar-refractivity contribution < 1.29 is 9.53 Å². The molecule has 0 atom stereocenters. The van der Waals surface area contributed by atoms with Gasteiger partial charge in [0, 0.05) is 23.5 Å². The van der Waals surface area contributed by atoms with Crippen LogP contribution >= 0.6 is 11.5 Å². The van der Waals surface area contributed by atoms with Crippen LogP contribution in [0.15, 0.2) is 24.5 Å². The van der Waals surface area contributed by atoms with Gasteiger partial charge in [-0.3, -0.25) is 4.98 Å². The predicted octanol–water partition coefficient (Wildman–Crippen LogP) is 4.29. The SMILES string of the molecule is CC.CCOC(=O)c1snc(-c2ccncc2)c1C1CC1. The summed E-state index contributed by atoms with van der Waals surface area (Å²) in [7, 11) is 0. The first-order chi connectivity index (χ1) is 10.3. The van der Waals surface area contributed by atoms with Crippen LogP contribution < -0.4 is 0 Å². The van der Waals surface area contributed by atoms with Gasteiger partial charge in [-0.2, -0.15) is 4.37 Å². The van der Waals surface area contributed by atoms with Gasteiger partial charge in [-0.05, 0) is 49.3 Å². The van der Waals surface area contributed by atoms with Crippen molar-refractivity contribution in [2.45, 2.75) is 39.5 Å². The Morgan fingerprint density at radius 3 is 2.57 bits per heavy atom. The number of hydrogen-bond donors (Lipinski definition) is 0. The highest BCUT2D eigenvalue weighted by molar-refractivity contribution is 7.08. The Morgan fingerprint density at radius 2 is 2.00 bits per heavy atom. The molecule has 2 aromatic rings. The summed E-state index contributed by atoms with van der Waals surface area (Å²) in [5.41, 5.74) is 3.00. The van der Waals surface area contributed by atoms with Gasteiger partial charge >= 0.3 is 5.97 Å². The van der Waals surface area contributed by atoms with Crippen LogP contribution in [-0.2, 0) is 4.74 Å². The number of ether oxygens (including phenoxy) is 1. The Morgan fingerprint density at radius 1 is 1.33 bits per heavy atom. The van der Waals surface area contributed by atoms with E-state index < -0.39 is 0 Å². The molecule has 5 heteroatoms. The van der Waals surface area contributed by atoms with Crippen molar-refractivity contribution in [2.75, 3.05) is 6.61 Å². The Kier molecular flexibility index (Phi) is 5.44. The van der Waals surface area contributed by atoms with E-state index in [1.807, 2.05) is 32.9 Å². The molecule has 0 N–H and O–H groups in total. The summed E-state index contributed by atoms with van der Waals surface area (Å²) in [5.74, 6) is 0.212. The first kappa shape index (κ1) is 15.6. The first-order valence-corrected chi connectivity index (χ1v) is 8.15. The molecule has 0 unspecified atom stereocenters. The number of pyridine rings is 1. The molecule has 1 aliphatic rings. The molecule has 0 spiro atoms. The molecule has 0 radical (unpaired) electrons. The molecule has 2 aromatic heterocycles. The van der Waals surface area contributed by atoms with Crippen molar-refractivity contribution in [2.24, 2.45) is 0 Å². The van der Waals surface area contributed by atoms with E-state index in [0.29, 0.717) is 17.4 Å². The fourth-order valence-electron chi connectivity index (χ4n) is 2.11. The van der Waals surface area contributed by atoms with Crippen molar-refractivity contribution in [3.05, 3.63) is 35.0 Å². The first-order valence-electron chi connectivity index (χ1n) is 7.38. The van der Waals surface area contributed by atoms with Crippen molar-refractivity contribution in [1.29, 1.82) is 0 Å². The van der Waals surface area contributed by atoms with E-state index in [-0.39, 0.29) is 5.97 Å². The summed E-state index contributed by atoms with van der Waals surface area (Å²) in [6.45, 7) is 6.21. The number of aromatic nitrogens is 2. The van der Waals surface area contributed by atoms with E-state index >= 15 is 0 Å². The summed E-state index contributed by atoms with van der Waals surface area (Å²) in [6, 6.07) is 3.85. The molecule has 2 heterocycles. The normalized spacial score (nSPS) is 13.3. The van der Waals surface area contributed by atoms with E-state index in [4.69, 9.17) is 4.74 Å². The zero-order valence-electron chi connectivity index (χ0n) is 12.6. The van der Waals surface area contributed by atoms with Crippen LogP contribution in [0.3, 0.4) is 0 Å². The maximum Gasteiger partial charge on any atom is 0.350 e. The average Bonchev–Trinajstić information content (AvgIpc) is 3.28. The fraction of sp³-hybridized carbons (Fsp3) is 0.438. The molecule has 0 amide bonds. The largest absolute Gasteiger partial charge is 0.462 e. The van der Waals surface area contributed by atoms with Crippen LogP contribution in [0.4, 0.5) is 0 Å². The van der Waals surface area contributed by atoms with E-state index in [2.05, 4.69) is 9.36 Å². The maximum atomic E-state index is 12.0. The second kappa shape index (κ2) is 7.31. The Hall–Kier alpha value is -1.75. The number of esters is 1. The summed E-state index contributed by atoms with van der Waals surface area (Å²) in [4.78, 5) is 16.7. The summed E-state index contributed by atoms with van der Waals surface area (Å²) < 4.78 is 9.58. The third-order valence-electron chi connectivity index (χ3n) is 3.13. The standard InChI is InChI=1S/C14H14N2O2S.C2H6/c1-2-18-14(17)13-11(9-3-4-9)12(16-19-13)10-5-7-15-8-6-10;1-2/h5-9H,2-4H2,1H3;1-2H3. The van der Waals surface area contributed by atoms with Crippen LogP contribution in [0.2, 0.25) is 0 Å². The van der Waals surface area contributed by atoms with Crippen LogP contribution in [0, 0.1) is 0 Å². The van der Waals surface area contributed by atoms with Crippen molar-refractivity contribution in [1.82, 2.24) is 9.36 Å². The van der Waals surface area contributed by atoms with Gasteiger partial charge in [-0.1, -0.05) is 13.8 Å². The fourth-order valence-corrected chi connectivity index (χ4v) is 2.99. The van der Waals surface area contributed by atoms with Gasteiger partial charge in [0.1, 0.15) is 4.88 Å². The number of hydrogen-bond acceptors (Lipinski definition) is 5. The monoisotopic (exact) mass is 304 g/mol. The number of carbonyl (C=O) groups excluding carboxylic acids is 1. The minimum atomic E-state index is -0.248. The second-order valence-corrected chi connectivity index (χ2v) is 5.28. The second-order valence-electron chi connectivity index (χ2n) is 4.50. The quantitative estimate of drug-likeness (QED) is 0.791. The zero-order chi connectivity index (χ0) is 15.2. The maximum absolute atomic E-state index is 12.0. The van der Waals surface area contributed by atoms with Gasteiger partial charge in [-0.25, -0.2) is 4.79 Å². The third-order valence-corrected chi connectivity index (χ3v) is 3.97. The molecule has 0 aliphatic heterocycles. The van der Waals surface area contributed by atoms with E-state index in [1.165, 1.54) is 11.5 Å². The molecule has 4 nitrogen and oxygen atoms in total. The minimum absolute atomic E-state index is 0.248. The molecule has 0 aromatic carbocycles. The minimum Gasteiger partial charge on any atom is -0.462 e. The van der Waals surface area contributed by atoms with Gasteiger partial charge in [0.25, 0.3) is 0 Å². The summed E-state index contributed by atoms with van der Waals surface area (Å²) in [5, 5.41) is 0. The molecule has 1 saturated carbocycles. The number of rotatable bonds is 4. The topological polar surface area (TPSA) is 52.1 Å². The van der Waals surface area contributed by atoms with Crippen LogP contribution in [0.25, 0.3) is 11.3 Å². The van der Waals surface area contributed by atoms with Crippen molar-refractivity contribution in [3.63, 3.8) is 0 Å². The van der Waals surface area contributed by atoms with Crippen molar-refractivity contribution >= 4 is 17.5 Å². The van der Waals surface area contributed by atoms with Gasteiger partial charge in [0.05, 0.1) is 12.3 Å². The zero-order valence-corrected chi connectivity index (χ0v) is 13.4. The van der Waals surface area contributed by atoms with Gasteiger partial charge < -0.3 is 4.74 Å². The predicted molar refractivity (Wildman–Crippen MR) is 84.6 cm³/mol. The Bertz CT molecular complexity index is 592. The lowest BCUT2D eigenvalue weighted by Crippen LogP contribution is -2.05. The average molecular weight is 304 g/mol. The molecule has 3 rings (SSSR count). The lowest BCUT2D eigenvalue weighted by molar-refractivity contribution is 0.0531. The highest BCUT2D eigenvalue weighted by atomic mass is 32.1. The smallest absolute Gasteiger partial charge is 0.350 e. The van der Waals surface area contributed by atoms with Gasteiger partial charge in [0.2, 0.25) is 0 Å². The van der Waals surface area contributed by atoms with Crippen LogP contribution in [0.5, 0.6) is 0 Å². The molecule has 1 fully saturated rings. The van der Waals surface area contributed by atoms with E-state index in [0.717, 1.165) is 29.7 Å². The van der Waals surface area contributed by atoms with E-state index in [9.17, 15) is 4.79 Å². The van der Waals surface area contributed by atoms with Crippen LogP contribution in [0.1, 0.15) is 54.8 Å². The molecular weight excluding hydrogens is 284 g/mol. The number of carbonyl (C=O) groups is 1. The van der Waals surface area contributed by atoms with Crippen molar-refractivity contribution in [3.8, 4) is 11.3 Å². The Labute approximate surface area is 129 Å². The van der Waals surface area contributed by atoms with E-state index in [1.54, 1.807) is 12.4 Å². The lowest BCUT2D eigenvalue weighted by atomic mass is 10.0. The molecule has 1 aliphatic carbocycles. The van der Waals surface area contributed by atoms with Gasteiger partial charge in [0.15, 0.2) is 0 Å². The molecular formula is C16H20N2O2S. The summed E-state index contributed by atoms with van der Waals surface area (Å²) in [6.07, 6.45) is 5.75.